The zero-order valence-corrected chi connectivity index (χ0v) is 18.3. The topological polar surface area (TPSA) is 57.1 Å². The van der Waals surface area contributed by atoms with Gasteiger partial charge in [-0.1, -0.05) is 31.8 Å². The summed E-state index contributed by atoms with van der Waals surface area (Å²) in [6.07, 6.45) is 3.55. The van der Waals surface area contributed by atoms with Gasteiger partial charge in [0, 0.05) is 11.6 Å². The first-order valence-electron chi connectivity index (χ1n) is 10.1. The van der Waals surface area contributed by atoms with Gasteiger partial charge in [-0.2, -0.15) is 0 Å². The summed E-state index contributed by atoms with van der Waals surface area (Å²) in [5.41, 5.74) is 3.92. The van der Waals surface area contributed by atoms with Crippen LogP contribution in [0.15, 0.2) is 35.5 Å². The normalized spacial score (nSPS) is 10.4. The summed E-state index contributed by atoms with van der Waals surface area (Å²) in [4.78, 5) is 19.1. The van der Waals surface area contributed by atoms with E-state index in [4.69, 9.17) is 14.3 Å². The van der Waals surface area contributed by atoms with Crippen LogP contribution < -0.4 is 14.3 Å². The van der Waals surface area contributed by atoms with Crippen molar-refractivity contribution < 1.29 is 19.1 Å². The second-order valence-corrected chi connectivity index (χ2v) is 7.14. The number of oxime groups is 1. The number of aryl methyl sites for hydroxylation is 2. The molecule has 0 atom stereocenters. The fourth-order valence-electron chi connectivity index (χ4n) is 3.19. The quantitative estimate of drug-likeness (QED) is 0.297. The number of benzene rings is 2. The molecule has 0 aliphatic carbocycles. The Morgan fingerprint density at radius 3 is 2.14 bits per heavy atom. The molecule has 5 heteroatoms. The van der Waals surface area contributed by atoms with Gasteiger partial charge in [-0.3, -0.25) is 4.79 Å². The number of ether oxygens (including phenoxy) is 2. The monoisotopic (exact) mass is 397 g/mol. The van der Waals surface area contributed by atoms with Gasteiger partial charge in [0.05, 0.1) is 25.5 Å². The Morgan fingerprint density at radius 2 is 1.55 bits per heavy atom. The molecule has 0 fully saturated rings. The minimum Gasteiger partial charge on any atom is -0.497 e. The lowest BCUT2D eigenvalue weighted by Gasteiger charge is -2.16. The standard InChI is InChI=1S/C24H31NO4/c1-7-9-17-14-22(28-6)18(10-8-2)13-21(17)24(26)20-12-11-19(27-5)15-23(20)29-25-16(3)4/h11-15H,7-10H2,1-6H3. The minimum atomic E-state index is -0.0879. The van der Waals surface area contributed by atoms with E-state index in [2.05, 4.69) is 19.0 Å². The van der Waals surface area contributed by atoms with Crippen LogP contribution in [-0.4, -0.2) is 25.7 Å². The molecule has 0 saturated carbocycles. The highest BCUT2D eigenvalue weighted by atomic mass is 16.6. The van der Waals surface area contributed by atoms with Gasteiger partial charge < -0.3 is 14.3 Å². The molecule has 0 amide bonds. The smallest absolute Gasteiger partial charge is 0.197 e. The molecule has 2 aromatic carbocycles. The molecule has 0 spiro atoms. The molecule has 0 unspecified atom stereocenters. The van der Waals surface area contributed by atoms with E-state index in [1.807, 2.05) is 26.0 Å². The molecule has 0 radical (unpaired) electrons. The predicted octanol–water partition coefficient (Wildman–Crippen LogP) is 5.61. The zero-order valence-electron chi connectivity index (χ0n) is 18.3. The van der Waals surface area contributed by atoms with Crippen molar-refractivity contribution in [1.29, 1.82) is 0 Å². The maximum atomic E-state index is 13.6. The summed E-state index contributed by atoms with van der Waals surface area (Å²) in [5.74, 6) is 1.74. The van der Waals surface area contributed by atoms with Crippen LogP contribution in [-0.2, 0) is 12.8 Å². The van der Waals surface area contributed by atoms with E-state index in [-0.39, 0.29) is 5.78 Å². The average molecular weight is 398 g/mol. The number of nitrogens with zero attached hydrogens (tertiary/aromatic N) is 1. The van der Waals surface area contributed by atoms with E-state index in [9.17, 15) is 4.79 Å². The van der Waals surface area contributed by atoms with Crippen LogP contribution in [0, 0.1) is 0 Å². The highest BCUT2D eigenvalue weighted by Gasteiger charge is 2.21. The number of carbonyl (C=O) groups excluding carboxylic acids is 1. The van der Waals surface area contributed by atoms with Gasteiger partial charge in [0.15, 0.2) is 11.5 Å². The Labute approximate surface area is 173 Å². The molecule has 156 valence electrons. The number of hydrogen-bond acceptors (Lipinski definition) is 5. The molecule has 0 aromatic heterocycles. The molecular weight excluding hydrogens is 366 g/mol. The fourth-order valence-corrected chi connectivity index (χ4v) is 3.19. The summed E-state index contributed by atoms with van der Waals surface area (Å²) < 4.78 is 10.9. The van der Waals surface area contributed by atoms with Gasteiger partial charge in [0.2, 0.25) is 0 Å². The van der Waals surface area contributed by atoms with Crippen molar-refractivity contribution in [3.05, 3.63) is 52.6 Å². The van der Waals surface area contributed by atoms with E-state index in [0.29, 0.717) is 22.6 Å². The number of hydrogen-bond donors (Lipinski definition) is 0. The maximum Gasteiger partial charge on any atom is 0.197 e. The molecule has 0 aliphatic heterocycles. The van der Waals surface area contributed by atoms with Crippen molar-refractivity contribution in [3.63, 3.8) is 0 Å². The second-order valence-electron chi connectivity index (χ2n) is 7.14. The third-order valence-corrected chi connectivity index (χ3v) is 4.55. The average Bonchev–Trinajstić information content (AvgIpc) is 2.72. The summed E-state index contributed by atoms with van der Waals surface area (Å²) in [7, 11) is 3.25. The van der Waals surface area contributed by atoms with E-state index in [0.717, 1.165) is 48.3 Å². The summed E-state index contributed by atoms with van der Waals surface area (Å²) >= 11 is 0. The van der Waals surface area contributed by atoms with Crippen LogP contribution in [0.25, 0.3) is 0 Å². The molecule has 0 saturated heterocycles. The molecule has 2 rings (SSSR count). The van der Waals surface area contributed by atoms with Gasteiger partial charge in [0.1, 0.15) is 11.5 Å². The van der Waals surface area contributed by atoms with Crippen LogP contribution in [0.2, 0.25) is 0 Å². The highest BCUT2D eigenvalue weighted by molar-refractivity contribution is 6.12. The van der Waals surface area contributed by atoms with Crippen molar-refractivity contribution in [2.45, 2.75) is 53.4 Å². The van der Waals surface area contributed by atoms with Crippen molar-refractivity contribution in [2.24, 2.45) is 5.16 Å². The first-order chi connectivity index (χ1) is 13.9. The summed E-state index contributed by atoms with van der Waals surface area (Å²) in [6.45, 7) is 7.88. The molecule has 0 heterocycles. The first-order valence-corrected chi connectivity index (χ1v) is 10.1. The van der Waals surface area contributed by atoms with E-state index >= 15 is 0 Å². The van der Waals surface area contributed by atoms with Crippen molar-refractivity contribution in [3.8, 4) is 17.2 Å². The SMILES string of the molecule is CCCc1cc(C(=O)c2ccc(OC)cc2ON=C(C)C)c(CCC)cc1OC. The van der Waals surface area contributed by atoms with Crippen molar-refractivity contribution in [2.75, 3.05) is 14.2 Å². The third kappa shape index (κ3) is 5.59. The Bertz CT molecular complexity index is 883. The second kappa shape index (κ2) is 10.6. The predicted molar refractivity (Wildman–Crippen MR) is 117 cm³/mol. The van der Waals surface area contributed by atoms with Crippen molar-refractivity contribution >= 4 is 11.5 Å². The summed E-state index contributed by atoms with van der Waals surface area (Å²) in [6, 6.07) is 9.16. The fraction of sp³-hybridized carbons (Fsp3) is 0.417. The largest absolute Gasteiger partial charge is 0.497 e. The highest BCUT2D eigenvalue weighted by Crippen LogP contribution is 2.32. The molecule has 5 nitrogen and oxygen atoms in total. The van der Waals surface area contributed by atoms with E-state index in [1.165, 1.54) is 0 Å². The number of methoxy groups -OCH3 is 2. The Kier molecular flexibility index (Phi) is 8.25. The van der Waals surface area contributed by atoms with Crippen LogP contribution >= 0.6 is 0 Å². The van der Waals surface area contributed by atoms with Gasteiger partial charge in [0.25, 0.3) is 0 Å². The van der Waals surface area contributed by atoms with Crippen LogP contribution in [0.5, 0.6) is 17.2 Å². The number of rotatable bonds is 10. The lowest BCUT2D eigenvalue weighted by molar-refractivity contribution is 0.103. The Balaban J connectivity index is 2.60. The molecule has 0 N–H and O–H groups in total. The van der Waals surface area contributed by atoms with E-state index in [1.54, 1.807) is 32.4 Å². The minimum absolute atomic E-state index is 0.0879. The van der Waals surface area contributed by atoms with Gasteiger partial charge in [-0.25, -0.2) is 0 Å². The number of carbonyl (C=O) groups is 1. The van der Waals surface area contributed by atoms with E-state index < -0.39 is 0 Å². The van der Waals surface area contributed by atoms with Gasteiger partial charge in [-0.15, -0.1) is 0 Å². The van der Waals surface area contributed by atoms with Gasteiger partial charge in [-0.05, 0) is 62.1 Å². The lowest BCUT2D eigenvalue weighted by Crippen LogP contribution is -2.10. The van der Waals surface area contributed by atoms with Crippen LogP contribution in [0.3, 0.4) is 0 Å². The van der Waals surface area contributed by atoms with Crippen molar-refractivity contribution in [1.82, 2.24) is 0 Å². The molecule has 0 aliphatic rings. The molecular formula is C24H31NO4. The van der Waals surface area contributed by atoms with Crippen LogP contribution in [0.4, 0.5) is 0 Å². The Morgan fingerprint density at radius 1 is 0.862 bits per heavy atom. The molecule has 0 bridgehead atoms. The zero-order chi connectivity index (χ0) is 21.4. The lowest BCUT2D eigenvalue weighted by atomic mass is 9.92. The molecule has 2 aromatic rings. The Hall–Kier alpha value is -2.82. The summed E-state index contributed by atoms with van der Waals surface area (Å²) in [5, 5.41) is 4.03. The molecule has 29 heavy (non-hydrogen) atoms. The third-order valence-electron chi connectivity index (χ3n) is 4.55. The number of ketones is 1. The first kappa shape index (κ1) is 22.5. The van der Waals surface area contributed by atoms with Crippen LogP contribution in [0.1, 0.15) is 67.6 Å². The van der Waals surface area contributed by atoms with Gasteiger partial charge >= 0.3 is 0 Å². The maximum absolute atomic E-state index is 13.6.